The van der Waals surface area contributed by atoms with E-state index in [1.54, 1.807) is 0 Å². The molecule has 31 heavy (non-hydrogen) atoms. The fraction of sp³-hybridized carbons (Fsp3) is 0.150. The maximum atomic E-state index is 13.1. The molecule has 1 atom stereocenters. The van der Waals surface area contributed by atoms with Crippen molar-refractivity contribution in [2.75, 3.05) is 16.8 Å². The molecule has 0 saturated carbocycles. The number of nitrogens with two attached hydrogens (primary N) is 1. The molecule has 2 heterocycles. The molecular weight excluding hydrogens is 418 g/mol. The zero-order valence-electron chi connectivity index (χ0n) is 15.7. The summed E-state index contributed by atoms with van der Waals surface area (Å²) in [7, 11) is 0. The molecule has 1 aromatic heterocycles. The molecule has 1 aliphatic rings. The van der Waals surface area contributed by atoms with Crippen LogP contribution in [0.1, 0.15) is 32.6 Å². The Morgan fingerprint density at radius 1 is 1.10 bits per heavy atom. The minimum Gasteiger partial charge on any atom is -0.319 e. The number of carbonyl (C=O) groups is 2. The van der Waals surface area contributed by atoms with Crippen LogP contribution in [0.3, 0.4) is 0 Å². The molecule has 2 amide bonds. The minimum absolute atomic E-state index is 0.0193. The number of alkyl halides is 3. The highest BCUT2D eigenvalue weighted by Gasteiger charge is 2.35. The van der Waals surface area contributed by atoms with Gasteiger partial charge in [-0.25, -0.2) is 9.07 Å². The van der Waals surface area contributed by atoms with Gasteiger partial charge in [0.2, 0.25) is 0 Å². The maximum absolute atomic E-state index is 13.1. The summed E-state index contributed by atoms with van der Waals surface area (Å²) in [6.07, 6.45) is -4.03. The molecule has 3 aromatic rings. The molecule has 0 radical (unpaired) electrons. The van der Waals surface area contributed by atoms with Gasteiger partial charge in [0.05, 0.1) is 24.0 Å². The molecular formula is C20H15F4N5O2. The largest absolute Gasteiger partial charge is 0.416 e. The number of fused-ring (bicyclic) bond motifs is 1. The van der Waals surface area contributed by atoms with Gasteiger partial charge in [0, 0.05) is 11.3 Å². The van der Waals surface area contributed by atoms with E-state index in [0.717, 1.165) is 24.3 Å². The summed E-state index contributed by atoms with van der Waals surface area (Å²) in [5.41, 5.74) is 5.67. The average molecular weight is 433 g/mol. The number of nitrogens with one attached hydrogen (secondary N) is 1. The Morgan fingerprint density at radius 3 is 2.35 bits per heavy atom. The third kappa shape index (κ3) is 3.87. The highest BCUT2D eigenvalue weighted by molar-refractivity contribution is 6.13. The Morgan fingerprint density at radius 2 is 1.74 bits per heavy atom. The van der Waals surface area contributed by atoms with E-state index in [0.29, 0.717) is 0 Å². The standard InChI is InChI=1S/C20H15F4N5O2/c21-13-5-1-11(2-6-13)18(30)27-15-9-26-29-16(25)10-28(19(31)17(15)29)14-7-3-12(4-8-14)20(22,23)24/h1-9,16H,10,25H2,(H,27,30). The highest BCUT2D eigenvalue weighted by Crippen LogP contribution is 2.33. The zero-order valence-corrected chi connectivity index (χ0v) is 15.7. The van der Waals surface area contributed by atoms with E-state index in [1.165, 1.54) is 40.0 Å². The smallest absolute Gasteiger partial charge is 0.319 e. The molecule has 1 aliphatic heterocycles. The van der Waals surface area contributed by atoms with Gasteiger partial charge in [-0.1, -0.05) is 0 Å². The lowest BCUT2D eigenvalue weighted by molar-refractivity contribution is -0.137. The predicted molar refractivity (Wildman–Crippen MR) is 103 cm³/mol. The second-order valence-electron chi connectivity index (χ2n) is 6.84. The zero-order chi connectivity index (χ0) is 22.3. The topological polar surface area (TPSA) is 93.2 Å². The minimum atomic E-state index is -4.50. The number of benzene rings is 2. The Bertz CT molecular complexity index is 1140. The van der Waals surface area contributed by atoms with Crippen molar-refractivity contribution in [3.63, 3.8) is 0 Å². The maximum Gasteiger partial charge on any atom is 0.416 e. The van der Waals surface area contributed by atoms with E-state index in [2.05, 4.69) is 10.4 Å². The lowest BCUT2D eigenvalue weighted by Gasteiger charge is -2.32. The van der Waals surface area contributed by atoms with Gasteiger partial charge in [-0.3, -0.25) is 9.59 Å². The molecule has 2 aromatic carbocycles. The Labute approximate surface area is 173 Å². The third-order valence-electron chi connectivity index (χ3n) is 4.79. The normalized spacial score (nSPS) is 16.2. The number of amides is 2. The molecule has 7 nitrogen and oxygen atoms in total. The van der Waals surface area contributed by atoms with Crippen LogP contribution < -0.4 is 16.0 Å². The molecule has 0 spiro atoms. The Balaban J connectivity index is 1.62. The summed E-state index contributed by atoms with van der Waals surface area (Å²) in [6, 6.07) is 8.90. The third-order valence-corrected chi connectivity index (χ3v) is 4.79. The Kier molecular flexibility index (Phi) is 4.97. The van der Waals surface area contributed by atoms with Gasteiger partial charge in [-0.2, -0.15) is 18.3 Å². The Hall–Kier alpha value is -3.73. The van der Waals surface area contributed by atoms with Crippen molar-refractivity contribution in [3.05, 3.63) is 77.4 Å². The summed E-state index contributed by atoms with van der Waals surface area (Å²) in [5, 5.41) is 6.59. The first-order chi connectivity index (χ1) is 14.6. The van der Waals surface area contributed by atoms with Crippen molar-refractivity contribution < 1.29 is 27.2 Å². The lowest BCUT2D eigenvalue weighted by Crippen LogP contribution is -2.46. The summed E-state index contributed by atoms with van der Waals surface area (Å²) in [5.74, 6) is -1.69. The van der Waals surface area contributed by atoms with E-state index in [4.69, 9.17) is 5.73 Å². The van der Waals surface area contributed by atoms with Crippen LogP contribution >= 0.6 is 0 Å². The van der Waals surface area contributed by atoms with Crippen LogP contribution in [0.2, 0.25) is 0 Å². The number of carbonyl (C=O) groups excluding carboxylic acids is 2. The van der Waals surface area contributed by atoms with Gasteiger partial charge in [0.1, 0.15) is 12.0 Å². The average Bonchev–Trinajstić information content (AvgIpc) is 3.15. The van der Waals surface area contributed by atoms with Crippen molar-refractivity contribution >= 4 is 23.2 Å². The fourth-order valence-electron chi connectivity index (χ4n) is 3.24. The lowest BCUT2D eigenvalue weighted by atomic mass is 10.1. The van der Waals surface area contributed by atoms with E-state index < -0.39 is 35.5 Å². The van der Waals surface area contributed by atoms with Crippen LogP contribution in [-0.2, 0) is 6.18 Å². The molecule has 0 bridgehead atoms. The van der Waals surface area contributed by atoms with E-state index in [9.17, 15) is 27.2 Å². The van der Waals surface area contributed by atoms with Gasteiger partial charge in [-0.15, -0.1) is 0 Å². The van der Waals surface area contributed by atoms with Crippen molar-refractivity contribution in [2.24, 2.45) is 5.73 Å². The van der Waals surface area contributed by atoms with Gasteiger partial charge >= 0.3 is 6.18 Å². The monoisotopic (exact) mass is 433 g/mol. The van der Waals surface area contributed by atoms with Crippen LogP contribution in [0.5, 0.6) is 0 Å². The summed E-state index contributed by atoms with van der Waals surface area (Å²) < 4.78 is 52.8. The van der Waals surface area contributed by atoms with Crippen molar-refractivity contribution in [2.45, 2.75) is 12.3 Å². The number of hydrogen-bond donors (Lipinski definition) is 2. The number of halogens is 4. The van der Waals surface area contributed by atoms with E-state index in [-0.39, 0.29) is 29.2 Å². The van der Waals surface area contributed by atoms with Crippen molar-refractivity contribution in [1.82, 2.24) is 9.78 Å². The van der Waals surface area contributed by atoms with Gasteiger partial charge in [0.25, 0.3) is 11.8 Å². The first-order valence-electron chi connectivity index (χ1n) is 9.04. The van der Waals surface area contributed by atoms with Gasteiger partial charge < -0.3 is 16.0 Å². The van der Waals surface area contributed by atoms with Crippen LogP contribution in [0, 0.1) is 5.82 Å². The fourth-order valence-corrected chi connectivity index (χ4v) is 3.24. The van der Waals surface area contributed by atoms with Gasteiger partial charge in [-0.05, 0) is 48.5 Å². The summed E-state index contributed by atoms with van der Waals surface area (Å²) in [6.45, 7) is -0.0236. The van der Waals surface area contributed by atoms with Crippen molar-refractivity contribution in [3.8, 4) is 0 Å². The first-order valence-corrected chi connectivity index (χ1v) is 9.04. The number of aromatic nitrogens is 2. The molecule has 0 saturated heterocycles. The second-order valence-corrected chi connectivity index (χ2v) is 6.84. The SMILES string of the molecule is NC1CN(c2ccc(C(F)(F)F)cc2)C(=O)c2c(NC(=O)c3ccc(F)cc3)cnn21. The molecule has 11 heteroatoms. The van der Waals surface area contributed by atoms with Crippen molar-refractivity contribution in [1.29, 1.82) is 0 Å². The number of hydrogen-bond acceptors (Lipinski definition) is 4. The molecule has 160 valence electrons. The molecule has 4 rings (SSSR count). The molecule has 3 N–H and O–H groups in total. The van der Waals surface area contributed by atoms with Crippen LogP contribution in [-0.4, -0.2) is 28.1 Å². The number of anilines is 2. The number of nitrogens with zero attached hydrogens (tertiary/aromatic N) is 3. The predicted octanol–water partition coefficient (Wildman–Crippen LogP) is 3.41. The highest BCUT2D eigenvalue weighted by atomic mass is 19.4. The molecule has 0 aliphatic carbocycles. The van der Waals surface area contributed by atoms with Crippen LogP contribution in [0.4, 0.5) is 28.9 Å². The van der Waals surface area contributed by atoms with Gasteiger partial charge in [0.15, 0.2) is 5.69 Å². The number of rotatable bonds is 3. The molecule has 0 fully saturated rings. The van der Waals surface area contributed by atoms with Crippen LogP contribution in [0.15, 0.2) is 54.7 Å². The van der Waals surface area contributed by atoms with Crippen LogP contribution in [0.25, 0.3) is 0 Å². The summed E-state index contributed by atoms with van der Waals surface area (Å²) in [4.78, 5) is 26.7. The van der Waals surface area contributed by atoms with E-state index in [1.807, 2.05) is 0 Å². The first kappa shape index (κ1) is 20.5. The summed E-state index contributed by atoms with van der Waals surface area (Å²) >= 11 is 0. The van der Waals surface area contributed by atoms with E-state index >= 15 is 0 Å². The second kappa shape index (κ2) is 7.51. The molecule has 1 unspecified atom stereocenters. The quantitative estimate of drug-likeness (QED) is 0.619.